The maximum absolute atomic E-state index is 14.5. The van der Waals surface area contributed by atoms with E-state index in [-0.39, 0.29) is 42.2 Å². The second kappa shape index (κ2) is 10.1. The van der Waals surface area contributed by atoms with Crippen molar-refractivity contribution in [2.24, 2.45) is 0 Å². The predicted molar refractivity (Wildman–Crippen MR) is 122 cm³/mol. The Labute approximate surface area is 188 Å². The molecule has 2 heterocycles. The third-order valence-corrected chi connectivity index (χ3v) is 5.48. The van der Waals surface area contributed by atoms with Gasteiger partial charge in [0.05, 0.1) is 18.2 Å². The number of rotatable bonds is 9. The lowest BCUT2D eigenvalue weighted by Crippen LogP contribution is -2.11. The highest BCUT2D eigenvalue weighted by Crippen LogP contribution is 2.37. The fraction of sp³-hybridized carbons (Fsp3) is 0.333. The second-order valence-electron chi connectivity index (χ2n) is 7.22. The van der Waals surface area contributed by atoms with Gasteiger partial charge in [-0.2, -0.15) is 0 Å². The average molecular weight is 464 g/mol. The summed E-state index contributed by atoms with van der Waals surface area (Å²) in [7, 11) is 0. The molecule has 3 rings (SSSR count). The largest absolute Gasteiger partial charge is 0.490 e. The molecule has 0 saturated heterocycles. The maximum Gasteiger partial charge on any atom is 0.165 e. The number of anilines is 1. The first-order chi connectivity index (χ1) is 14.8. The fourth-order valence-corrected chi connectivity index (χ4v) is 3.94. The van der Waals surface area contributed by atoms with Gasteiger partial charge >= 0.3 is 0 Å². The molecule has 0 aliphatic heterocycles. The van der Waals surface area contributed by atoms with Crippen LogP contribution in [0.2, 0.25) is 5.02 Å². The van der Waals surface area contributed by atoms with E-state index in [9.17, 15) is 4.39 Å². The zero-order valence-corrected chi connectivity index (χ0v) is 18.9. The molecule has 0 spiro atoms. The first-order valence-corrected chi connectivity index (χ1v) is 10.8. The molecule has 0 bridgehead atoms. The van der Waals surface area contributed by atoms with Crippen LogP contribution in [0, 0.1) is 18.2 Å². The smallest absolute Gasteiger partial charge is 0.165 e. The molecule has 164 valence electrons. The van der Waals surface area contributed by atoms with Crippen molar-refractivity contribution in [3.63, 3.8) is 0 Å². The number of pyridine rings is 1. The van der Waals surface area contributed by atoms with E-state index in [1.54, 1.807) is 0 Å². The van der Waals surface area contributed by atoms with Gasteiger partial charge in [-0.3, -0.25) is 0 Å². The third kappa shape index (κ3) is 5.96. The van der Waals surface area contributed by atoms with E-state index in [4.69, 9.17) is 26.9 Å². The molecule has 0 aliphatic carbocycles. The van der Waals surface area contributed by atoms with Gasteiger partial charge in [-0.25, -0.2) is 9.37 Å². The maximum atomic E-state index is 14.5. The molecule has 1 aromatic carbocycles. The predicted octanol–water partition coefficient (Wildman–Crippen LogP) is 4.97. The van der Waals surface area contributed by atoms with Crippen molar-refractivity contribution in [2.45, 2.75) is 33.2 Å². The molecule has 3 N–H and O–H groups in total. The summed E-state index contributed by atoms with van der Waals surface area (Å²) in [5.41, 5.74) is 2.24. The first kappa shape index (κ1) is 23.1. The molecular formula is C21H23ClFN5O2S. The van der Waals surface area contributed by atoms with E-state index in [2.05, 4.69) is 20.5 Å². The minimum Gasteiger partial charge on any atom is -0.490 e. The molecular weight excluding hydrogens is 441 g/mol. The van der Waals surface area contributed by atoms with E-state index < -0.39 is 5.82 Å². The van der Waals surface area contributed by atoms with E-state index in [0.717, 1.165) is 17.1 Å². The Kier molecular flexibility index (Phi) is 7.53. The SMILES string of the molecule is Cc1cc(-c2nnc(-c3cc(F)c(OCCC(=N)CO)cc3Cl)s2)cc(NC(C)C)n1. The van der Waals surface area contributed by atoms with Gasteiger partial charge in [0, 0.05) is 41.1 Å². The Balaban J connectivity index is 1.83. The van der Waals surface area contributed by atoms with Crippen LogP contribution < -0.4 is 10.1 Å². The van der Waals surface area contributed by atoms with Crippen molar-refractivity contribution in [3.05, 3.63) is 40.8 Å². The second-order valence-corrected chi connectivity index (χ2v) is 8.60. The van der Waals surface area contributed by atoms with Crippen LogP contribution in [-0.2, 0) is 0 Å². The zero-order valence-electron chi connectivity index (χ0n) is 17.4. The van der Waals surface area contributed by atoms with E-state index >= 15 is 0 Å². The number of aliphatic hydroxyl groups excluding tert-OH is 1. The monoisotopic (exact) mass is 463 g/mol. The van der Waals surface area contributed by atoms with Gasteiger partial charge in [0.25, 0.3) is 0 Å². The summed E-state index contributed by atoms with van der Waals surface area (Å²) >= 11 is 7.66. The first-order valence-electron chi connectivity index (χ1n) is 9.65. The van der Waals surface area contributed by atoms with Crippen LogP contribution in [0.5, 0.6) is 5.75 Å². The molecule has 0 unspecified atom stereocenters. The summed E-state index contributed by atoms with van der Waals surface area (Å²) in [5, 5.41) is 29.4. The minimum atomic E-state index is -0.588. The van der Waals surface area contributed by atoms with Gasteiger partial charge in [-0.1, -0.05) is 22.9 Å². The number of aliphatic hydroxyl groups is 1. The number of benzene rings is 1. The molecule has 0 aliphatic rings. The summed E-state index contributed by atoms with van der Waals surface area (Å²) in [4.78, 5) is 4.47. The summed E-state index contributed by atoms with van der Waals surface area (Å²) in [6, 6.07) is 6.71. The zero-order chi connectivity index (χ0) is 22.5. The van der Waals surface area contributed by atoms with E-state index in [0.29, 0.717) is 15.6 Å². The molecule has 0 atom stereocenters. The summed E-state index contributed by atoms with van der Waals surface area (Å²) in [5.74, 6) is 0.148. The lowest BCUT2D eigenvalue weighted by Gasteiger charge is -2.10. The molecule has 0 amide bonds. The Hall–Kier alpha value is -2.62. The number of ether oxygens (including phenoxy) is 1. The van der Waals surface area contributed by atoms with E-state index in [1.807, 2.05) is 32.9 Å². The van der Waals surface area contributed by atoms with Gasteiger partial charge in [0.1, 0.15) is 15.8 Å². The molecule has 0 fully saturated rings. The Morgan fingerprint density at radius 3 is 2.71 bits per heavy atom. The third-order valence-electron chi connectivity index (χ3n) is 4.17. The van der Waals surface area contributed by atoms with Crippen LogP contribution in [0.15, 0.2) is 24.3 Å². The fourth-order valence-electron chi connectivity index (χ4n) is 2.78. The summed E-state index contributed by atoms with van der Waals surface area (Å²) < 4.78 is 19.9. The molecule has 10 heteroatoms. The highest BCUT2D eigenvalue weighted by Gasteiger charge is 2.17. The Morgan fingerprint density at radius 1 is 1.26 bits per heavy atom. The van der Waals surface area contributed by atoms with Crippen LogP contribution in [0.1, 0.15) is 26.0 Å². The van der Waals surface area contributed by atoms with Crippen LogP contribution in [0.3, 0.4) is 0 Å². The van der Waals surface area contributed by atoms with Gasteiger partial charge in [0.2, 0.25) is 0 Å². The van der Waals surface area contributed by atoms with Gasteiger partial charge in [-0.05, 0) is 39.0 Å². The quantitative estimate of drug-likeness (QED) is 0.387. The number of aromatic nitrogens is 3. The lowest BCUT2D eigenvalue weighted by molar-refractivity contribution is 0.304. The van der Waals surface area contributed by atoms with E-state index in [1.165, 1.54) is 23.5 Å². The van der Waals surface area contributed by atoms with Crippen molar-refractivity contribution < 1.29 is 14.2 Å². The van der Waals surface area contributed by atoms with Gasteiger partial charge < -0.3 is 20.6 Å². The normalized spacial score (nSPS) is 11.1. The van der Waals surface area contributed by atoms with Crippen LogP contribution in [-0.4, -0.2) is 45.3 Å². The number of nitrogens with zero attached hydrogens (tertiary/aromatic N) is 3. The number of halogens is 2. The topological polar surface area (TPSA) is 104 Å². The molecule has 0 saturated carbocycles. The van der Waals surface area contributed by atoms with Crippen molar-refractivity contribution in [2.75, 3.05) is 18.5 Å². The number of aryl methyl sites for hydroxylation is 1. The Bertz CT molecular complexity index is 1090. The molecule has 7 nitrogen and oxygen atoms in total. The van der Waals surface area contributed by atoms with Crippen LogP contribution >= 0.6 is 22.9 Å². The highest BCUT2D eigenvalue weighted by molar-refractivity contribution is 7.18. The van der Waals surface area contributed by atoms with Crippen molar-refractivity contribution in [1.82, 2.24) is 15.2 Å². The number of nitrogens with one attached hydrogen (secondary N) is 2. The minimum absolute atomic E-state index is 0.0154. The van der Waals surface area contributed by atoms with Crippen molar-refractivity contribution in [1.29, 1.82) is 5.41 Å². The van der Waals surface area contributed by atoms with Crippen LogP contribution in [0.25, 0.3) is 21.1 Å². The van der Waals surface area contributed by atoms with Crippen LogP contribution in [0.4, 0.5) is 10.2 Å². The average Bonchev–Trinajstić information content (AvgIpc) is 3.19. The molecule has 31 heavy (non-hydrogen) atoms. The summed E-state index contributed by atoms with van der Waals surface area (Å²) in [6.07, 6.45) is 0.202. The van der Waals surface area contributed by atoms with Gasteiger partial charge in [-0.15, -0.1) is 10.2 Å². The van der Waals surface area contributed by atoms with Gasteiger partial charge in [0.15, 0.2) is 11.6 Å². The molecule has 2 aromatic heterocycles. The molecule has 0 radical (unpaired) electrons. The number of hydrogen-bond acceptors (Lipinski definition) is 8. The van der Waals surface area contributed by atoms with Crippen molar-refractivity contribution >= 4 is 34.5 Å². The summed E-state index contributed by atoms with van der Waals surface area (Å²) in [6.45, 7) is 5.70. The highest BCUT2D eigenvalue weighted by atomic mass is 35.5. The Morgan fingerprint density at radius 2 is 2.00 bits per heavy atom. The number of hydrogen-bond donors (Lipinski definition) is 3. The van der Waals surface area contributed by atoms with Crippen molar-refractivity contribution in [3.8, 4) is 26.9 Å². The lowest BCUT2D eigenvalue weighted by atomic mass is 10.2. The standard InChI is InChI=1S/C21H23ClFN5O2S/c1-11(2)25-19-7-13(6-12(3)26-19)20-27-28-21(31-20)15-8-17(23)18(9-16(15)22)30-5-4-14(24)10-29/h6-9,11,24,29H,4-5,10H2,1-3H3,(H,25,26). The molecule has 3 aromatic rings.